The minimum absolute atomic E-state index is 0.0953. The molecule has 0 saturated carbocycles. The summed E-state index contributed by atoms with van der Waals surface area (Å²) in [7, 11) is -2.14. The number of benzene rings is 3. The van der Waals surface area contributed by atoms with Crippen LogP contribution in [0.1, 0.15) is 22.6 Å². The molecule has 0 unspecified atom stereocenters. The van der Waals surface area contributed by atoms with E-state index in [0.29, 0.717) is 17.3 Å². The smallest absolute Gasteiger partial charge is 0.243 e. The lowest BCUT2D eigenvalue weighted by Gasteiger charge is -2.21. The first kappa shape index (κ1) is 23.5. The molecule has 174 valence electrons. The molecule has 0 aliphatic heterocycles. The minimum Gasteiger partial charge on any atom is -0.497 e. The molecule has 3 aromatic carbocycles. The Morgan fingerprint density at radius 3 is 2.41 bits per heavy atom. The van der Waals surface area contributed by atoms with Gasteiger partial charge in [0, 0.05) is 12.6 Å². The van der Waals surface area contributed by atoms with E-state index in [-0.39, 0.29) is 18.0 Å². The van der Waals surface area contributed by atoms with Gasteiger partial charge in [0.15, 0.2) is 0 Å². The number of ether oxygens (including phenoxy) is 1. The number of nitrogens with zero attached hydrogens (tertiary/aromatic N) is 2. The number of aryl methyl sites for hydroxylation is 1. The van der Waals surface area contributed by atoms with Crippen LogP contribution in [0, 0.1) is 6.92 Å². The van der Waals surface area contributed by atoms with E-state index in [2.05, 4.69) is 4.99 Å². The van der Waals surface area contributed by atoms with Crippen LogP contribution in [0.15, 0.2) is 105 Å². The van der Waals surface area contributed by atoms with Crippen LogP contribution in [0.4, 0.5) is 5.69 Å². The molecule has 1 aromatic heterocycles. The highest BCUT2D eigenvalue weighted by Gasteiger charge is 2.26. The normalized spacial score (nSPS) is 11.9. The average molecular weight is 475 g/mol. The van der Waals surface area contributed by atoms with Gasteiger partial charge in [-0.3, -0.25) is 4.99 Å². The van der Waals surface area contributed by atoms with Crippen molar-refractivity contribution in [2.45, 2.75) is 24.9 Å². The Hall–Kier alpha value is -3.68. The molecule has 4 rings (SSSR count). The number of hydrogen-bond donors (Lipinski definition) is 0. The first-order valence-corrected chi connectivity index (χ1v) is 12.3. The molecule has 0 aliphatic carbocycles. The van der Waals surface area contributed by atoms with E-state index >= 15 is 0 Å². The predicted octanol–water partition coefficient (Wildman–Crippen LogP) is 5.74. The van der Waals surface area contributed by atoms with E-state index < -0.39 is 10.0 Å². The number of hydrogen-bond acceptors (Lipinski definition) is 5. The Kier molecular flexibility index (Phi) is 7.25. The molecule has 4 aromatic rings. The van der Waals surface area contributed by atoms with Gasteiger partial charge in [0.05, 0.1) is 30.5 Å². The van der Waals surface area contributed by atoms with Crippen LogP contribution in [-0.4, -0.2) is 26.0 Å². The van der Waals surface area contributed by atoms with Gasteiger partial charge < -0.3 is 9.15 Å². The van der Waals surface area contributed by atoms with Crippen molar-refractivity contribution in [3.05, 3.63) is 114 Å². The molecule has 0 saturated heterocycles. The van der Waals surface area contributed by atoms with Crippen molar-refractivity contribution in [2.75, 3.05) is 7.11 Å². The number of rotatable bonds is 9. The van der Waals surface area contributed by atoms with Crippen molar-refractivity contribution in [3.8, 4) is 5.75 Å². The SMILES string of the molecule is COc1cccc(N=Cc2ccc(CN(Cc3ccccc3)S(=O)(=O)c3ccc(C)cc3)o2)c1. The van der Waals surface area contributed by atoms with Gasteiger partial charge in [-0.2, -0.15) is 4.31 Å². The molecule has 34 heavy (non-hydrogen) atoms. The molecule has 0 atom stereocenters. The maximum Gasteiger partial charge on any atom is 0.243 e. The Labute approximate surface area is 200 Å². The Morgan fingerprint density at radius 1 is 0.912 bits per heavy atom. The second kappa shape index (κ2) is 10.5. The fraction of sp³-hybridized carbons (Fsp3) is 0.148. The molecule has 0 radical (unpaired) electrons. The van der Waals surface area contributed by atoms with Crippen LogP contribution in [0.2, 0.25) is 0 Å². The summed E-state index contributed by atoms with van der Waals surface area (Å²) in [6.07, 6.45) is 1.61. The van der Waals surface area contributed by atoms with Crippen LogP contribution in [-0.2, 0) is 23.1 Å². The quantitative estimate of drug-likeness (QED) is 0.290. The third-order valence-corrected chi connectivity index (χ3v) is 7.08. The zero-order valence-electron chi connectivity index (χ0n) is 19.1. The summed E-state index contributed by atoms with van der Waals surface area (Å²) >= 11 is 0. The summed E-state index contributed by atoms with van der Waals surface area (Å²) in [4.78, 5) is 4.67. The summed E-state index contributed by atoms with van der Waals surface area (Å²) in [6, 6.07) is 27.3. The third kappa shape index (κ3) is 5.81. The lowest BCUT2D eigenvalue weighted by molar-refractivity contribution is 0.357. The van der Waals surface area contributed by atoms with E-state index in [0.717, 1.165) is 16.8 Å². The van der Waals surface area contributed by atoms with E-state index in [1.165, 1.54) is 4.31 Å². The van der Waals surface area contributed by atoms with Crippen LogP contribution >= 0.6 is 0 Å². The fourth-order valence-corrected chi connectivity index (χ4v) is 4.82. The van der Waals surface area contributed by atoms with Gasteiger partial charge in [0.25, 0.3) is 0 Å². The van der Waals surface area contributed by atoms with Gasteiger partial charge >= 0.3 is 0 Å². The van der Waals surface area contributed by atoms with Gasteiger partial charge in [-0.15, -0.1) is 0 Å². The minimum atomic E-state index is -3.74. The average Bonchev–Trinajstić information content (AvgIpc) is 3.31. The van der Waals surface area contributed by atoms with Crippen molar-refractivity contribution >= 4 is 21.9 Å². The molecule has 0 fully saturated rings. The molecule has 0 N–H and O–H groups in total. The van der Waals surface area contributed by atoms with Crippen molar-refractivity contribution in [1.82, 2.24) is 4.31 Å². The lowest BCUT2D eigenvalue weighted by Crippen LogP contribution is -2.30. The van der Waals surface area contributed by atoms with Gasteiger partial charge in [0.1, 0.15) is 17.3 Å². The molecule has 0 amide bonds. The van der Waals surface area contributed by atoms with Crippen LogP contribution in [0.3, 0.4) is 0 Å². The first-order chi connectivity index (χ1) is 16.4. The highest BCUT2D eigenvalue weighted by atomic mass is 32.2. The van der Waals surface area contributed by atoms with Gasteiger partial charge in [0.2, 0.25) is 10.0 Å². The third-order valence-electron chi connectivity index (χ3n) is 5.27. The van der Waals surface area contributed by atoms with Crippen LogP contribution < -0.4 is 4.74 Å². The molecule has 7 heteroatoms. The molecule has 1 heterocycles. The fourth-order valence-electron chi connectivity index (χ4n) is 3.42. The van der Waals surface area contributed by atoms with Crippen molar-refractivity contribution in [1.29, 1.82) is 0 Å². The zero-order chi connectivity index (χ0) is 24.0. The van der Waals surface area contributed by atoms with Gasteiger partial charge in [-0.1, -0.05) is 54.1 Å². The maximum atomic E-state index is 13.5. The second-order valence-corrected chi connectivity index (χ2v) is 9.77. The predicted molar refractivity (Wildman–Crippen MR) is 133 cm³/mol. The van der Waals surface area contributed by atoms with E-state index in [4.69, 9.17) is 9.15 Å². The topological polar surface area (TPSA) is 72.1 Å². The van der Waals surface area contributed by atoms with Crippen molar-refractivity contribution < 1.29 is 17.6 Å². The Bertz CT molecular complexity index is 1360. The summed E-state index contributed by atoms with van der Waals surface area (Å²) in [5.74, 6) is 1.77. The second-order valence-electron chi connectivity index (χ2n) is 7.84. The Balaban J connectivity index is 1.57. The lowest BCUT2D eigenvalue weighted by atomic mass is 10.2. The standard InChI is InChI=1S/C27H26N2O4S/c1-21-11-15-27(16-12-21)34(30,31)29(19-22-7-4-3-5-8-22)20-26-14-13-25(33-26)18-28-23-9-6-10-24(17-23)32-2/h3-18H,19-20H2,1-2H3. The van der Waals surface area contributed by atoms with E-state index in [9.17, 15) is 8.42 Å². The highest BCUT2D eigenvalue weighted by molar-refractivity contribution is 7.89. The number of methoxy groups -OCH3 is 1. The molecule has 6 nitrogen and oxygen atoms in total. The van der Waals surface area contributed by atoms with E-state index in [1.807, 2.05) is 61.5 Å². The summed E-state index contributed by atoms with van der Waals surface area (Å²) in [5.41, 5.74) is 2.62. The van der Waals surface area contributed by atoms with E-state index in [1.54, 1.807) is 49.7 Å². The number of aliphatic imine (C=N–C) groups is 1. The molecule has 0 spiro atoms. The number of furan rings is 1. The molecule has 0 bridgehead atoms. The van der Waals surface area contributed by atoms with Crippen molar-refractivity contribution in [2.24, 2.45) is 4.99 Å². The number of sulfonamides is 1. The van der Waals surface area contributed by atoms with Crippen LogP contribution in [0.5, 0.6) is 5.75 Å². The highest BCUT2D eigenvalue weighted by Crippen LogP contribution is 2.23. The Morgan fingerprint density at radius 2 is 1.68 bits per heavy atom. The van der Waals surface area contributed by atoms with Gasteiger partial charge in [-0.05, 0) is 48.9 Å². The summed E-state index contributed by atoms with van der Waals surface area (Å²) in [5, 5.41) is 0. The zero-order valence-corrected chi connectivity index (χ0v) is 19.9. The molecular weight excluding hydrogens is 448 g/mol. The monoisotopic (exact) mass is 474 g/mol. The summed E-state index contributed by atoms with van der Waals surface area (Å²) < 4.78 is 39.5. The summed E-state index contributed by atoms with van der Waals surface area (Å²) in [6.45, 7) is 2.25. The maximum absolute atomic E-state index is 13.5. The van der Waals surface area contributed by atoms with Crippen LogP contribution in [0.25, 0.3) is 0 Å². The van der Waals surface area contributed by atoms with Crippen molar-refractivity contribution in [3.63, 3.8) is 0 Å². The molecular formula is C27H26N2O4S. The van der Waals surface area contributed by atoms with Gasteiger partial charge in [-0.25, -0.2) is 8.42 Å². The molecule has 0 aliphatic rings. The largest absolute Gasteiger partial charge is 0.497 e. The first-order valence-electron chi connectivity index (χ1n) is 10.8.